The Kier molecular flexibility index (Phi) is 14.1. The fourth-order valence-corrected chi connectivity index (χ4v) is 24.0. The van der Waals surface area contributed by atoms with Crippen LogP contribution in [0.1, 0.15) is 90.4 Å². The van der Waals surface area contributed by atoms with Crippen LogP contribution in [0, 0.1) is 71.0 Å². The summed E-state index contributed by atoms with van der Waals surface area (Å²) in [7, 11) is -18.5. The number of sulfone groups is 5. The molecule has 4 saturated carbocycles. The maximum Gasteiger partial charge on any atom is 0.153 e. The third-order valence-electron chi connectivity index (χ3n) is 13.9. The van der Waals surface area contributed by atoms with Gasteiger partial charge in [-0.1, -0.05) is 13.3 Å². The lowest BCUT2D eigenvalue weighted by molar-refractivity contribution is 0.214. The Morgan fingerprint density at radius 3 is 0.727 bits per heavy atom. The smallest absolute Gasteiger partial charge is 0.153 e. The van der Waals surface area contributed by atoms with Crippen LogP contribution in [0.2, 0.25) is 0 Å². The van der Waals surface area contributed by atoms with Crippen molar-refractivity contribution in [1.29, 1.82) is 0 Å². The van der Waals surface area contributed by atoms with Crippen LogP contribution in [0.3, 0.4) is 0 Å². The minimum Gasteiger partial charge on any atom is -0.306 e. The second kappa shape index (κ2) is 17.5. The molecule has 1 N–H and O–H groups in total. The largest absolute Gasteiger partial charge is 0.306 e. The molecule has 6 rings (SSSR count). The zero-order chi connectivity index (χ0) is 40.0. The summed E-state index contributed by atoms with van der Waals surface area (Å²) >= 11 is -2.13. The highest BCUT2D eigenvalue weighted by Crippen LogP contribution is 2.43. The van der Waals surface area contributed by atoms with Crippen molar-refractivity contribution in [3.63, 3.8) is 0 Å². The van der Waals surface area contributed by atoms with Crippen molar-refractivity contribution in [2.24, 2.45) is 71.0 Å². The minimum absolute atomic E-state index is 0.0639. The van der Waals surface area contributed by atoms with Crippen LogP contribution in [0.5, 0.6) is 0 Å². The molecule has 0 aromatic rings. The van der Waals surface area contributed by atoms with E-state index in [1.807, 2.05) is 6.92 Å². The highest BCUT2D eigenvalue weighted by atomic mass is 32.2. The molecule has 0 aromatic carbocycles. The van der Waals surface area contributed by atoms with Gasteiger partial charge >= 0.3 is 0 Å². The average molecular weight is 893 g/mol. The Morgan fingerprint density at radius 2 is 0.545 bits per heavy atom. The first-order chi connectivity index (χ1) is 25.5. The van der Waals surface area contributed by atoms with Gasteiger partial charge in [0.15, 0.2) is 60.3 Å². The molecule has 6 fully saturated rings. The van der Waals surface area contributed by atoms with Crippen molar-refractivity contribution in [3.05, 3.63) is 0 Å². The van der Waals surface area contributed by atoms with Crippen LogP contribution in [0.15, 0.2) is 0 Å². The molecule has 55 heavy (non-hydrogen) atoms. The van der Waals surface area contributed by atoms with E-state index in [9.17, 15) is 50.9 Å². The van der Waals surface area contributed by atoms with E-state index in [0.29, 0.717) is 77.0 Å². The van der Waals surface area contributed by atoms with Crippen LogP contribution in [0.25, 0.3) is 0 Å². The van der Waals surface area contributed by atoms with Crippen LogP contribution in [-0.2, 0) is 60.3 Å². The summed E-state index contributed by atoms with van der Waals surface area (Å²) in [4.78, 5) is 0. The number of hydrogen-bond donors (Lipinski definition) is 1. The van der Waals surface area contributed by atoms with Gasteiger partial charge in [0.2, 0.25) is 0 Å². The van der Waals surface area contributed by atoms with Gasteiger partial charge < -0.3 is 4.55 Å². The summed E-state index contributed by atoms with van der Waals surface area (Å²) in [5, 5.41) is 0. The molecule has 0 radical (unpaired) electrons. The molecule has 0 spiro atoms. The van der Waals surface area contributed by atoms with E-state index in [0.717, 1.165) is 6.42 Å². The molecule has 4 aliphatic carbocycles. The summed E-state index contributed by atoms with van der Waals surface area (Å²) in [5.74, 6) is -5.58. The predicted molar refractivity (Wildman–Crippen MR) is 216 cm³/mol. The van der Waals surface area contributed by atoms with E-state index in [1.165, 1.54) is 0 Å². The second-order valence-electron chi connectivity index (χ2n) is 19.5. The molecular weight excluding hydrogens is 829 g/mol. The lowest BCUT2D eigenvalue weighted by atomic mass is 9.75. The van der Waals surface area contributed by atoms with Crippen molar-refractivity contribution in [2.75, 3.05) is 63.3 Å². The molecule has 12 nitrogen and oxygen atoms in total. The SMILES string of the molecule is CCC1C[C@@H]2C[C@H](C1)CS(=O)(=O)CC1CC3C[C@@H](C1)CS(=O)(=O)C[C@@H]1CC(CS(=O)O)C[C@@H](C1)CS(=O)(=O)C[C@H]1CC(C[C@H](C1)CS(=O)(=O)C3)CS(=O)(=O)C2. The van der Waals surface area contributed by atoms with Crippen LogP contribution in [-0.4, -0.2) is 114 Å². The topological polar surface area (TPSA) is 208 Å². The van der Waals surface area contributed by atoms with Crippen LogP contribution in [0.4, 0.5) is 0 Å². The molecule has 2 aliphatic heterocycles. The molecule has 18 heteroatoms. The molecule has 13 atom stereocenters. The zero-order valence-corrected chi connectivity index (χ0v) is 37.2. The maximum absolute atomic E-state index is 14.0. The second-order valence-corrected chi connectivity index (χ2v) is 31.2. The average Bonchev–Trinajstić information content (AvgIpc) is 2.96. The maximum atomic E-state index is 14.0. The van der Waals surface area contributed by atoms with Gasteiger partial charge in [0.05, 0.1) is 63.3 Å². The van der Waals surface area contributed by atoms with Gasteiger partial charge in [-0.3, -0.25) is 0 Å². The Morgan fingerprint density at radius 1 is 0.364 bits per heavy atom. The van der Waals surface area contributed by atoms with Crippen LogP contribution < -0.4 is 0 Å². The zero-order valence-electron chi connectivity index (χ0n) is 32.3. The van der Waals surface area contributed by atoms with Gasteiger partial charge in [-0.05, 0) is 148 Å². The summed E-state index contributed by atoms with van der Waals surface area (Å²) in [6.45, 7) is 2.05. The number of fused-ring (bicyclic) bond motifs is 10. The Hall–Kier alpha value is -0.140. The first-order valence-electron chi connectivity index (χ1n) is 20.6. The summed E-state index contributed by atoms with van der Waals surface area (Å²) in [6.07, 6.45) is 6.01. The van der Waals surface area contributed by atoms with E-state index in [1.54, 1.807) is 0 Å². The van der Waals surface area contributed by atoms with Gasteiger partial charge in [-0.2, -0.15) is 0 Å². The van der Waals surface area contributed by atoms with Crippen LogP contribution >= 0.6 is 0 Å². The Balaban J connectivity index is 1.39. The first-order valence-corrected chi connectivity index (χ1v) is 31.0. The molecule has 0 amide bonds. The van der Waals surface area contributed by atoms with Crippen molar-refractivity contribution in [3.8, 4) is 0 Å². The summed E-state index contributed by atoms with van der Waals surface area (Å²) in [5.41, 5.74) is 0. The van der Waals surface area contributed by atoms with Gasteiger partial charge in [-0.25, -0.2) is 46.3 Å². The Bertz CT molecular complexity index is 1820. The van der Waals surface area contributed by atoms with E-state index >= 15 is 0 Å². The molecule has 6 aliphatic rings. The summed E-state index contributed by atoms with van der Waals surface area (Å²) < 4.78 is 161. The molecule has 6 unspecified atom stereocenters. The molecule has 10 bridgehead atoms. The monoisotopic (exact) mass is 892 g/mol. The van der Waals surface area contributed by atoms with E-state index in [2.05, 4.69) is 0 Å². The number of hydrogen-bond acceptors (Lipinski definition) is 11. The van der Waals surface area contributed by atoms with Crippen molar-refractivity contribution < 1.29 is 50.9 Å². The van der Waals surface area contributed by atoms with Crippen molar-refractivity contribution >= 4 is 60.3 Å². The predicted octanol–water partition coefficient (Wildman–Crippen LogP) is 3.85. The summed E-state index contributed by atoms with van der Waals surface area (Å²) in [6, 6.07) is 0. The fraction of sp³-hybridized carbons (Fsp3) is 1.00. The highest BCUT2D eigenvalue weighted by Gasteiger charge is 2.43. The standard InChI is InChI=1S/C37H64O12S6/c1-2-26-3-28-7-29(4-26)17-52(42,43)21-33-10-35-14-37(12-33)25-55(48,49)24-36-11-32(20-51(40,41)16-28)9-34(13-36)22-53(44,45)18-30-5-27(15-50(38)39)6-31(8-30)19-54(46,47)23-35/h26-37H,2-25H2,1H3,(H,38,39)/t26?,27?,28-,29+,30+,31-,32?,33?,34+,35-,36-,37?/m1/s1. The molecule has 2 heterocycles. The lowest BCUT2D eigenvalue weighted by Crippen LogP contribution is -2.40. The third kappa shape index (κ3) is 13.4. The van der Waals surface area contributed by atoms with E-state index in [-0.39, 0.29) is 87.0 Å². The molecule has 2 saturated heterocycles. The normalized spacial score (nSPS) is 43.8. The third-order valence-corrected chi connectivity index (χ3v) is 24.4. The van der Waals surface area contributed by atoms with Gasteiger partial charge in [0.25, 0.3) is 0 Å². The fourth-order valence-electron chi connectivity index (χ4n) is 12.8. The molecule has 0 aromatic heterocycles. The van der Waals surface area contributed by atoms with E-state index in [4.69, 9.17) is 0 Å². The van der Waals surface area contributed by atoms with Gasteiger partial charge in [0.1, 0.15) is 0 Å². The molecule has 320 valence electrons. The van der Waals surface area contributed by atoms with Gasteiger partial charge in [0, 0.05) is 0 Å². The minimum atomic E-state index is -3.75. The van der Waals surface area contributed by atoms with Gasteiger partial charge in [-0.15, -0.1) is 0 Å². The van der Waals surface area contributed by atoms with Crippen molar-refractivity contribution in [2.45, 2.75) is 90.4 Å². The lowest BCUT2D eigenvalue weighted by Gasteiger charge is -2.39. The molecular formula is C37H64O12S6. The Labute approximate surface area is 333 Å². The van der Waals surface area contributed by atoms with Crippen molar-refractivity contribution in [1.82, 2.24) is 0 Å². The van der Waals surface area contributed by atoms with E-state index < -0.39 is 108 Å². The first kappa shape index (κ1) is 44.4. The quantitative estimate of drug-likeness (QED) is 0.401. The highest BCUT2D eigenvalue weighted by molar-refractivity contribution is 7.92. The number of rotatable bonds is 3.